The van der Waals surface area contributed by atoms with E-state index in [-0.39, 0.29) is 11.5 Å². The van der Waals surface area contributed by atoms with Gasteiger partial charge in [-0.15, -0.1) is 0 Å². The summed E-state index contributed by atoms with van der Waals surface area (Å²) in [5, 5.41) is 12.0. The minimum absolute atomic E-state index is 0.290. The van der Waals surface area contributed by atoms with Crippen molar-refractivity contribution in [2.75, 3.05) is 24.7 Å². The Hall–Kier alpha value is -2.88. The monoisotopic (exact) mass is 388 g/mol. The zero-order valence-corrected chi connectivity index (χ0v) is 15.9. The number of fused-ring (bicyclic) bond motifs is 1. The van der Waals surface area contributed by atoms with E-state index in [2.05, 4.69) is 32.6 Å². The zero-order chi connectivity index (χ0) is 19.2. The summed E-state index contributed by atoms with van der Waals surface area (Å²) in [5.41, 5.74) is 0.511. The molecule has 0 saturated carbocycles. The lowest BCUT2D eigenvalue weighted by Crippen LogP contribution is -2.27. The molecule has 0 atom stereocenters. The van der Waals surface area contributed by atoms with Crippen molar-refractivity contribution in [1.82, 2.24) is 25.1 Å². The van der Waals surface area contributed by atoms with Crippen molar-refractivity contribution in [3.8, 4) is 0 Å². The van der Waals surface area contributed by atoms with E-state index in [1.54, 1.807) is 10.9 Å². The lowest BCUT2D eigenvalue weighted by molar-refractivity contribution is 0.0949. The van der Waals surface area contributed by atoms with Crippen molar-refractivity contribution < 1.29 is 9.21 Å². The van der Waals surface area contributed by atoms with Gasteiger partial charge in [0.25, 0.3) is 5.91 Å². The highest BCUT2D eigenvalue weighted by molar-refractivity contribution is 7.98. The van der Waals surface area contributed by atoms with Crippen LogP contribution in [0.5, 0.6) is 0 Å². The summed E-state index contributed by atoms with van der Waals surface area (Å²) in [7, 11) is 0. The number of hydrogen-bond donors (Lipinski definition) is 2. The number of anilines is 1. The maximum absolute atomic E-state index is 12.1. The maximum atomic E-state index is 12.1. The van der Waals surface area contributed by atoms with Crippen LogP contribution in [0.15, 0.2) is 39.0 Å². The molecule has 0 saturated heterocycles. The fourth-order valence-electron chi connectivity index (χ4n) is 2.43. The number of aromatic nitrogens is 4. The van der Waals surface area contributed by atoms with Gasteiger partial charge in [-0.05, 0) is 18.7 Å². The molecule has 0 aliphatic carbocycles. The summed E-state index contributed by atoms with van der Waals surface area (Å²) >= 11 is 1.46. The number of carbonyl (C=O) groups is 1. The lowest BCUT2D eigenvalue weighted by Gasteiger charge is -2.08. The van der Waals surface area contributed by atoms with Crippen molar-refractivity contribution in [3.63, 3.8) is 0 Å². The third kappa shape index (κ3) is 4.45. The van der Waals surface area contributed by atoms with E-state index in [9.17, 15) is 9.59 Å². The van der Waals surface area contributed by atoms with Gasteiger partial charge in [0.05, 0.1) is 23.7 Å². The van der Waals surface area contributed by atoms with Gasteiger partial charge in [0.2, 0.25) is 0 Å². The predicted octanol–water partition coefficient (Wildman–Crippen LogP) is 1.75. The molecule has 9 nitrogen and oxygen atoms in total. The van der Waals surface area contributed by atoms with E-state index in [1.807, 2.05) is 6.26 Å². The maximum Gasteiger partial charge on any atom is 0.335 e. The van der Waals surface area contributed by atoms with Crippen LogP contribution in [0.2, 0.25) is 0 Å². The van der Waals surface area contributed by atoms with E-state index >= 15 is 0 Å². The smallest absolute Gasteiger partial charge is 0.335 e. The fourth-order valence-corrected chi connectivity index (χ4v) is 2.79. The molecule has 0 aliphatic heterocycles. The summed E-state index contributed by atoms with van der Waals surface area (Å²) in [6.45, 7) is 3.70. The van der Waals surface area contributed by atoms with E-state index in [1.165, 1.54) is 23.9 Å². The number of nitrogens with one attached hydrogen (secondary N) is 2. The van der Waals surface area contributed by atoms with Gasteiger partial charge >= 0.3 is 5.63 Å². The van der Waals surface area contributed by atoms with Crippen LogP contribution in [0.1, 0.15) is 23.7 Å². The topological polar surface area (TPSA) is 115 Å². The van der Waals surface area contributed by atoms with Gasteiger partial charge in [0.15, 0.2) is 10.8 Å². The molecule has 0 radical (unpaired) electrons. The van der Waals surface area contributed by atoms with Gasteiger partial charge in [-0.1, -0.05) is 18.7 Å². The van der Waals surface area contributed by atoms with Gasteiger partial charge < -0.3 is 15.1 Å². The molecule has 1 amide bonds. The third-order valence-electron chi connectivity index (χ3n) is 3.77. The molecular weight excluding hydrogens is 368 g/mol. The Kier molecular flexibility index (Phi) is 6.07. The molecule has 0 fully saturated rings. The van der Waals surface area contributed by atoms with Gasteiger partial charge in [-0.3, -0.25) is 4.79 Å². The highest BCUT2D eigenvalue weighted by Crippen LogP contribution is 2.23. The van der Waals surface area contributed by atoms with Crippen LogP contribution in [0, 0.1) is 0 Å². The average molecular weight is 388 g/mol. The molecule has 0 aromatic carbocycles. The Morgan fingerprint density at radius 2 is 2.15 bits per heavy atom. The number of thioether (sulfide) groups is 1. The van der Waals surface area contributed by atoms with Gasteiger partial charge in [-0.2, -0.15) is 5.10 Å². The number of carbonyl (C=O) groups excluding carboxylic acids is 1. The minimum atomic E-state index is -0.494. The second-order valence-corrected chi connectivity index (χ2v) is 6.46. The predicted molar refractivity (Wildman–Crippen MR) is 103 cm³/mol. The molecule has 0 bridgehead atoms. The van der Waals surface area contributed by atoms with E-state index < -0.39 is 5.63 Å². The summed E-state index contributed by atoms with van der Waals surface area (Å²) in [6.07, 6.45) is 5.78. The summed E-state index contributed by atoms with van der Waals surface area (Å²) in [6, 6.07) is 2.63. The highest BCUT2D eigenvalue weighted by Gasteiger charge is 2.13. The Morgan fingerprint density at radius 3 is 2.85 bits per heavy atom. The number of hydrogen-bond acceptors (Lipinski definition) is 8. The van der Waals surface area contributed by atoms with Crippen molar-refractivity contribution in [3.05, 3.63) is 40.6 Å². The Morgan fingerprint density at radius 1 is 1.30 bits per heavy atom. The number of amides is 1. The normalized spacial score (nSPS) is 10.9. The quantitative estimate of drug-likeness (QED) is 0.443. The fraction of sp³-hybridized carbons (Fsp3) is 0.353. The molecule has 0 spiro atoms. The minimum Gasteiger partial charge on any atom is -0.430 e. The molecular formula is C17H20N6O3S. The number of rotatable bonds is 8. The Bertz CT molecular complexity index is 979. The average Bonchev–Trinajstić information content (AvgIpc) is 3.09. The molecule has 0 unspecified atom stereocenters. The van der Waals surface area contributed by atoms with E-state index in [4.69, 9.17) is 4.42 Å². The summed E-state index contributed by atoms with van der Waals surface area (Å²) in [4.78, 5) is 32.1. The van der Waals surface area contributed by atoms with Crippen LogP contribution in [-0.2, 0) is 6.54 Å². The molecule has 3 heterocycles. The molecule has 3 rings (SSSR count). The highest BCUT2D eigenvalue weighted by atomic mass is 32.2. The second kappa shape index (κ2) is 8.67. The van der Waals surface area contributed by atoms with Gasteiger partial charge in [0.1, 0.15) is 12.1 Å². The Labute approximate surface area is 159 Å². The third-order valence-corrected chi connectivity index (χ3v) is 4.32. The van der Waals surface area contributed by atoms with Crippen LogP contribution in [0.3, 0.4) is 0 Å². The number of nitrogens with zero attached hydrogens (tertiary/aromatic N) is 4. The van der Waals surface area contributed by atoms with E-state index in [0.717, 1.165) is 30.4 Å². The van der Waals surface area contributed by atoms with Crippen LogP contribution >= 0.6 is 11.8 Å². The Balaban J connectivity index is 1.72. The van der Waals surface area contributed by atoms with Gasteiger partial charge in [-0.25, -0.2) is 19.4 Å². The summed E-state index contributed by atoms with van der Waals surface area (Å²) < 4.78 is 6.44. The van der Waals surface area contributed by atoms with Crippen LogP contribution in [-0.4, -0.2) is 45.0 Å². The first-order valence-corrected chi connectivity index (χ1v) is 9.73. The van der Waals surface area contributed by atoms with Gasteiger partial charge in [0, 0.05) is 19.2 Å². The van der Waals surface area contributed by atoms with Crippen molar-refractivity contribution in [2.45, 2.75) is 25.0 Å². The first-order chi connectivity index (χ1) is 13.1. The molecule has 3 aromatic heterocycles. The SMILES string of the molecule is CCCNc1nc(SC)nc2c1cnn2CCNC(=O)c1ccc(=O)oc1. The van der Waals surface area contributed by atoms with Crippen molar-refractivity contribution in [2.24, 2.45) is 0 Å². The molecule has 10 heteroatoms. The van der Waals surface area contributed by atoms with Crippen LogP contribution in [0.4, 0.5) is 5.82 Å². The summed E-state index contributed by atoms with van der Waals surface area (Å²) in [5.74, 6) is 0.445. The molecule has 2 N–H and O–H groups in total. The molecule has 27 heavy (non-hydrogen) atoms. The lowest BCUT2D eigenvalue weighted by atomic mass is 10.3. The van der Waals surface area contributed by atoms with Crippen molar-refractivity contribution in [1.29, 1.82) is 0 Å². The molecule has 0 aliphatic rings. The zero-order valence-electron chi connectivity index (χ0n) is 15.1. The molecule has 3 aromatic rings. The van der Waals surface area contributed by atoms with Crippen LogP contribution < -0.4 is 16.3 Å². The first kappa shape index (κ1) is 18.9. The van der Waals surface area contributed by atoms with Crippen LogP contribution in [0.25, 0.3) is 11.0 Å². The van der Waals surface area contributed by atoms with Crippen molar-refractivity contribution >= 4 is 34.5 Å². The molecule has 142 valence electrons. The first-order valence-electron chi connectivity index (χ1n) is 8.51. The standard InChI is InChI=1S/C17H20N6O3S/c1-3-6-18-14-12-9-20-23(15(12)22-17(21-14)27-2)8-7-19-16(25)11-4-5-13(24)26-10-11/h4-5,9-10H,3,6-8H2,1-2H3,(H,19,25)(H,18,21,22). The largest absolute Gasteiger partial charge is 0.430 e. The van der Waals surface area contributed by atoms with E-state index in [0.29, 0.717) is 23.9 Å². The second-order valence-electron chi connectivity index (χ2n) is 5.69.